The second-order valence-corrected chi connectivity index (χ2v) is 10.2. The molecule has 4 aromatic carbocycles. The van der Waals surface area contributed by atoms with Crippen molar-refractivity contribution >= 4 is 5.57 Å². The first-order valence-electron chi connectivity index (χ1n) is 12.4. The van der Waals surface area contributed by atoms with E-state index in [1.165, 1.54) is 61.2 Å². The van der Waals surface area contributed by atoms with Gasteiger partial charge in [0.25, 0.3) is 0 Å². The van der Waals surface area contributed by atoms with Crippen molar-refractivity contribution in [3.8, 4) is 33.4 Å². The second-order valence-electron chi connectivity index (χ2n) is 10.2. The number of allylic oxidation sites excluding steroid dienone is 4. The highest BCUT2D eigenvalue weighted by atomic mass is 14.4. The lowest BCUT2D eigenvalue weighted by Crippen LogP contribution is -2.15. The van der Waals surface area contributed by atoms with Crippen LogP contribution in [0.25, 0.3) is 39.0 Å². The van der Waals surface area contributed by atoms with Crippen LogP contribution in [0.4, 0.5) is 0 Å². The van der Waals surface area contributed by atoms with Gasteiger partial charge in [0, 0.05) is 5.41 Å². The lowest BCUT2D eigenvalue weighted by atomic mass is 9.80. The molecule has 0 N–H and O–H groups in total. The number of hydrogen-bond acceptors (Lipinski definition) is 0. The van der Waals surface area contributed by atoms with Crippen molar-refractivity contribution in [1.82, 2.24) is 0 Å². The molecule has 6 rings (SSSR count). The lowest BCUT2D eigenvalue weighted by Gasteiger charge is -2.23. The predicted molar refractivity (Wildman–Crippen MR) is 146 cm³/mol. The van der Waals surface area contributed by atoms with Gasteiger partial charge in [0.15, 0.2) is 0 Å². The van der Waals surface area contributed by atoms with Gasteiger partial charge in [-0.1, -0.05) is 104 Å². The maximum absolute atomic E-state index is 2.45. The average molecular weight is 439 g/mol. The van der Waals surface area contributed by atoms with E-state index < -0.39 is 0 Å². The van der Waals surface area contributed by atoms with E-state index in [1.54, 1.807) is 0 Å². The third-order valence-electron chi connectivity index (χ3n) is 7.54. The third kappa shape index (κ3) is 3.37. The van der Waals surface area contributed by atoms with Crippen LogP contribution in [0.2, 0.25) is 0 Å². The summed E-state index contributed by atoms with van der Waals surface area (Å²) < 4.78 is 0. The van der Waals surface area contributed by atoms with Gasteiger partial charge >= 0.3 is 0 Å². The smallest absolute Gasteiger partial charge is 0.0159 e. The molecule has 0 aliphatic heterocycles. The highest BCUT2D eigenvalue weighted by Gasteiger charge is 2.37. The monoisotopic (exact) mass is 438 g/mol. The number of benzene rings is 4. The summed E-state index contributed by atoms with van der Waals surface area (Å²) in [4.78, 5) is 0. The molecule has 0 radical (unpaired) electrons. The van der Waals surface area contributed by atoms with E-state index in [-0.39, 0.29) is 5.41 Å². The minimum atomic E-state index is -0.0473. The standard InChI is InChI=1S/C34H30/c1-23-11-10-16-26(19-23)27-17-18-31-30(20-27)33-29(25-14-8-5-9-15-25)21-28(22-32(33)34(31,2)3)24-12-6-4-7-13-24/h5-6,8-22H,4,7H2,1-3H3. The van der Waals surface area contributed by atoms with Crippen LogP contribution in [0, 0.1) is 6.92 Å². The van der Waals surface area contributed by atoms with Crippen LogP contribution >= 0.6 is 0 Å². The van der Waals surface area contributed by atoms with Crippen molar-refractivity contribution in [2.24, 2.45) is 0 Å². The van der Waals surface area contributed by atoms with Gasteiger partial charge in [-0.25, -0.2) is 0 Å². The summed E-state index contributed by atoms with van der Waals surface area (Å²) in [5, 5.41) is 0. The molecule has 2 aliphatic rings. The fourth-order valence-corrected chi connectivity index (χ4v) is 5.71. The third-order valence-corrected chi connectivity index (χ3v) is 7.54. The van der Waals surface area contributed by atoms with Gasteiger partial charge in [-0.15, -0.1) is 0 Å². The van der Waals surface area contributed by atoms with Gasteiger partial charge in [0.2, 0.25) is 0 Å². The van der Waals surface area contributed by atoms with Gasteiger partial charge in [0.1, 0.15) is 0 Å². The average Bonchev–Trinajstić information content (AvgIpc) is 3.11. The molecular formula is C34H30. The van der Waals surface area contributed by atoms with Crippen molar-refractivity contribution in [3.05, 3.63) is 125 Å². The van der Waals surface area contributed by atoms with Crippen LogP contribution in [0.15, 0.2) is 103 Å². The summed E-state index contributed by atoms with van der Waals surface area (Å²) in [7, 11) is 0. The van der Waals surface area contributed by atoms with Gasteiger partial charge < -0.3 is 0 Å². The molecule has 0 atom stereocenters. The normalized spacial score (nSPS) is 15.6. The van der Waals surface area contributed by atoms with Crippen molar-refractivity contribution in [3.63, 3.8) is 0 Å². The Kier molecular flexibility index (Phi) is 4.92. The summed E-state index contributed by atoms with van der Waals surface area (Å²) >= 11 is 0. The van der Waals surface area contributed by atoms with Crippen LogP contribution in [-0.2, 0) is 5.41 Å². The molecular weight excluding hydrogens is 408 g/mol. The predicted octanol–water partition coefficient (Wildman–Crippen LogP) is 9.37. The van der Waals surface area contributed by atoms with E-state index >= 15 is 0 Å². The Morgan fingerprint density at radius 1 is 0.618 bits per heavy atom. The molecule has 0 amide bonds. The molecule has 0 fully saturated rings. The zero-order valence-electron chi connectivity index (χ0n) is 20.2. The molecule has 34 heavy (non-hydrogen) atoms. The number of hydrogen-bond donors (Lipinski definition) is 0. The van der Waals surface area contributed by atoms with Crippen LogP contribution < -0.4 is 0 Å². The molecule has 0 saturated heterocycles. The number of rotatable bonds is 3. The van der Waals surface area contributed by atoms with Crippen molar-refractivity contribution < 1.29 is 0 Å². The van der Waals surface area contributed by atoms with Crippen LogP contribution in [-0.4, -0.2) is 0 Å². The Bertz CT molecular complexity index is 1460. The largest absolute Gasteiger partial charge is 0.0836 e. The molecule has 0 unspecified atom stereocenters. The summed E-state index contributed by atoms with van der Waals surface area (Å²) in [5.74, 6) is 0. The van der Waals surface area contributed by atoms with Crippen molar-refractivity contribution in [2.45, 2.75) is 39.0 Å². The SMILES string of the molecule is Cc1cccc(-c2ccc3c(c2)-c2c(-c4ccccc4)cc(C4=CCCC=C4)cc2C3(C)C)c1. The maximum Gasteiger partial charge on any atom is 0.0159 e. The molecule has 0 heteroatoms. The molecule has 0 saturated carbocycles. The number of fused-ring (bicyclic) bond motifs is 3. The highest BCUT2D eigenvalue weighted by Crippen LogP contribution is 2.54. The first-order valence-corrected chi connectivity index (χ1v) is 12.4. The van der Waals surface area contributed by atoms with E-state index in [9.17, 15) is 0 Å². The molecule has 166 valence electrons. The Labute approximate surface area is 203 Å². The zero-order valence-corrected chi connectivity index (χ0v) is 20.2. The minimum Gasteiger partial charge on any atom is -0.0836 e. The van der Waals surface area contributed by atoms with Crippen LogP contribution in [0.5, 0.6) is 0 Å². The molecule has 0 nitrogen and oxygen atoms in total. The first kappa shape index (κ1) is 20.9. The van der Waals surface area contributed by atoms with Crippen molar-refractivity contribution in [1.29, 1.82) is 0 Å². The van der Waals surface area contributed by atoms with E-state index in [2.05, 4.69) is 124 Å². The molecule has 2 aliphatic carbocycles. The topological polar surface area (TPSA) is 0 Å². The molecule has 4 aromatic rings. The van der Waals surface area contributed by atoms with Crippen molar-refractivity contribution in [2.75, 3.05) is 0 Å². The van der Waals surface area contributed by atoms with Gasteiger partial charge in [0.05, 0.1) is 0 Å². The summed E-state index contributed by atoms with van der Waals surface area (Å²) in [5.41, 5.74) is 14.7. The Hall–Kier alpha value is -3.64. The Balaban J connectivity index is 1.63. The molecule has 0 heterocycles. The first-order chi connectivity index (χ1) is 16.5. The van der Waals surface area contributed by atoms with E-state index in [0.29, 0.717) is 0 Å². The second kappa shape index (κ2) is 7.99. The van der Waals surface area contributed by atoms with E-state index in [1.807, 2.05) is 0 Å². The maximum atomic E-state index is 2.45. The fourth-order valence-electron chi connectivity index (χ4n) is 5.71. The minimum absolute atomic E-state index is 0.0473. The lowest BCUT2D eigenvalue weighted by molar-refractivity contribution is 0.660. The molecule has 0 bridgehead atoms. The van der Waals surface area contributed by atoms with Gasteiger partial charge in [-0.2, -0.15) is 0 Å². The molecule has 0 aromatic heterocycles. The van der Waals surface area contributed by atoms with E-state index in [4.69, 9.17) is 0 Å². The summed E-state index contributed by atoms with van der Waals surface area (Å²) in [6.45, 7) is 6.93. The fraction of sp³-hybridized carbons (Fsp3) is 0.176. The van der Waals surface area contributed by atoms with Crippen LogP contribution in [0.3, 0.4) is 0 Å². The zero-order chi connectivity index (χ0) is 23.3. The Morgan fingerprint density at radius 2 is 1.38 bits per heavy atom. The highest BCUT2D eigenvalue weighted by molar-refractivity contribution is 5.96. The van der Waals surface area contributed by atoms with Gasteiger partial charge in [-0.05, 0) is 93.6 Å². The van der Waals surface area contributed by atoms with E-state index in [0.717, 1.165) is 12.8 Å². The summed E-state index contributed by atoms with van der Waals surface area (Å²) in [6, 6.07) is 31.7. The number of aryl methyl sites for hydroxylation is 1. The quantitative estimate of drug-likeness (QED) is 0.299. The Morgan fingerprint density at radius 3 is 2.15 bits per heavy atom. The van der Waals surface area contributed by atoms with Gasteiger partial charge in [-0.3, -0.25) is 0 Å². The van der Waals surface area contributed by atoms with Crippen LogP contribution in [0.1, 0.15) is 48.9 Å². The summed E-state index contributed by atoms with van der Waals surface area (Å²) in [6.07, 6.45) is 9.25. The molecule has 0 spiro atoms.